The number of carbonyl (C=O) groups excluding carboxylic acids is 2. The molecule has 0 atom stereocenters. The first-order valence-corrected chi connectivity index (χ1v) is 8.72. The molecule has 0 radical (unpaired) electrons. The minimum absolute atomic E-state index is 0.0861. The molecule has 4 nitrogen and oxygen atoms in total. The second-order valence-electron chi connectivity index (χ2n) is 5.19. The number of fused-ring (bicyclic) bond motifs is 1. The molecule has 0 spiro atoms. The fourth-order valence-corrected chi connectivity index (χ4v) is 3.76. The van der Waals surface area contributed by atoms with Crippen molar-refractivity contribution in [3.63, 3.8) is 0 Å². The summed E-state index contributed by atoms with van der Waals surface area (Å²) in [7, 11) is 0. The van der Waals surface area contributed by atoms with Crippen LogP contribution in [0, 0.1) is 5.82 Å². The van der Waals surface area contributed by atoms with Crippen LogP contribution >= 0.6 is 34.5 Å². The summed E-state index contributed by atoms with van der Waals surface area (Å²) in [6.07, 6.45) is 0.0861. The van der Waals surface area contributed by atoms with Crippen LogP contribution in [-0.2, 0) is 11.2 Å². The van der Waals surface area contributed by atoms with E-state index in [2.05, 4.69) is 10.9 Å². The number of thiophene rings is 1. The quantitative estimate of drug-likeness (QED) is 0.646. The summed E-state index contributed by atoms with van der Waals surface area (Å²) >= 11 is 13.0. The number of halogens is 3. The number of nitrogens with one attached hydrogen (secondary N) is 2. The molecular weight excluding hydrogens is 386 g/mol. The van der Waals surface area contributed by atoms with Crippen LogP contribution in [0.3, 0.4) is 0 Å². The fraction of sp³-hybridized carbons (Fsp3) is 0.0588. The zero-order chi connectivity index (χ0) is 18.0. The molecule has 2 N–H and O–H groups in total. The summed E-state index contributed by atoms with van der Waals surface area (Å²) in [5.41, 5.74) is 5.40. The van der Waals surface area contributed by atoms with E-state index in [0.717, 1.165) is 16.9 Å². The van der Waals surface area contributed by atoms with Gasteiger partial charge in [0.05, 0.1) is 11.4 Å². The topological polar surface area (TPSA) is 58.2 Å². The van der Waals surface area contributed by atoms with Gasteiger partial charge in [-0.25, -0.2) is 4.39 Å². The van der Waals surface area contributed by atoms with Gasteiger partial charge in [-0.05, 0) is 35.9 Å². The molecule has 0 fully saturated rings. The van der Waals surface area contributed by atoms with Gasteiger partial charge in [0.15, 0.2) is 0 Å². The van der Waals surface area contributed by atoms with Gasteiger partial charge in [-0.15, -0.1) is 11.3 Å². The Morgan fingerprint density at radius 1 is 1.04 bits per heavy atom. The predicted octanol–water partition coefficient (Wildman–Crippen LogP) is 4.35. The lowest BCUT2D eigenvalue weighted by atomic mass is 10.1. The van der Waals surface area contributed by atoms with Crippen molar-refractivity contribution in [1.82, 2.24) is 10.9 Å². The van der Waals surface area contributed by atoms with Gasteiger partial charge in [0.2, 0.25) is 5.91 Å². The number of hydrogen-bond acceptors (Lipinski definition) is 3. The van der Waals surface area contributed by atoms with Gasteiger partial charge in [-0.2, -0.15) is 0 Å². The van der Waals surface area contributed by atoms with E-state index < -0.39 is 11.7 Å². The fourth-order valence-electron chi connectivity index (χ4n) is 2.20. The molecule has 2 aromatic carbocycles. The Bertz CT molecular complexity index is 957. The van der Waals surface area contributed by atoms with E-state index >= 15 is 0 Å². The Hall–Kier alpha value is -2.15. The lowest BCUT2D eigenvalue weighted by Gasteiger charge is -2.06. The Balaban J connectivity index is 1.65. The van der Waals surface area contributed by atoms with Crippen molar-refractivity contribution in [2.45, 2.75) is 6.42 Å². The Kier molecular flexibility index (Phi) is 5.22. The molecule has 0 aliphatic heterocycles. The highest BCUT2D eigenvalue weighted by Gasteiger charge is 2.18. The van der Waals surface area contributed by atoms with Gasteiger partial charge in [0.25, 0.3) is 5.91 Å². The third-order valence-electron chi connectivity index (χ3n) is 3.39. The molecule has 8 heteroatoms. The van der Waals surface area contributed by atoms with Crippen LogP contribution in [-0.4, -0.2) is 11.8 Å². The molecule has 1 heterocycles. The van der Waals surface area contributed by atoms with E-state index in [0.29, 0.717) is 15.1 Å². The van der Waals surface area contributed by atoms with Crippen molar-refractivity contribution in [1.29, 1.82) is 0 Å². The van der Waals surface area contributed by atoms with Gasteiger partial charge in [0.1, 0.15) is 10.7 Å². The van der Waals surface area contributed by atoms with E-state index in [-0.39, 0.29) is 22.2 Å². The van der Waals surface area contributed by atoms with E-state index in [4.69, 9.17) is 23.2 Å². The van der Waals surface area contributed by atoms with Gasteiger partial charge in [0, 0.05) is 15.1 Å². The average Bonchev–Trinajstić information content (AvgIpc) is 2.91. The van der Waals surface area contributed by atoms with Gasteiger partial charge in [-0.1, -0.05) is 35.3 Å². The first kappa shape index (κ1) is 17.7. The van der Waals surface area contributed by atoms with Crippen molar-refractivity contribution in [2.24, 2.45) is 0 Å². The van der Waals surface area contributed by atoms with Crippen LogP contribution in [0.4, 0.5) is 4.39 Å². The van der Waals surface area contributed by atoms with Gasteiger partial charge >= 0.3 is 0 Å². The molecule has 0 aliphatic rings. The zero-order valence-corrected chi connectivity index (χ0v) is 14.9. The minimum atomic E-state index is -0.559. The smallest absolute Gasteiger partial charge is 0.273 e. The lowest BCUT2D eigenvalue weighted by molar-refractivity contribution is -0.121. The maximum atomic E-state index is 13.3. The average molecular weight is 397 g/mol. The second kappa shape index (κ2) is 7.39. The largest absolute Gasteiger partial charge is 0.281 e. The second-order valence-corrected chi connectivity index (χ2v) is 7.06. The number of benzene rings is 2. The summed E-state index contributed by atoms with van der Waals surface area (Å²) in [5, 5.41) is 1.39. The number of hydrazine groups is 1. The monoisotopic (exact) mass is 396 g/mol. The summed E-state index contributed by atoms with van der Waals surface area (Å²) in [4.78, 5) is 24.3. The van der Waals surface area contributed by atoms with Crippen LogP contribution in [0.2, 0.25) is 10.0 Å². The highest BCUT2D eigenvalue weighted by Crippen LogP contribution is 2.35. The molecule has 3 aromatic rings. The summed E-state index contributed by atoms with van der Waals surface area (Å²) < 4.78 is 13.8. The number of amides is 2. The van der Waals surface area contributed by atoms with Crippen molar-refractivity contribution in [3.8, 4) is 0 Å². The Labute approximate surface area is 156 Å². The normalized spacial score (nSPS) is 10.7. The Morgan fingerprint density at radius 3 is 2.48 bits per heavy atom. The number of carbonyl (C=O) groups is 2. The SMILES string of the molecule is O=C(Cc1ccc(Cl)cc1)NNC(=O)c1sc2cc(F)ccc2c1Cl. The first-order valence-electron chi connectivity index (χ1n) is 7.15. The van der Waals surface area contributed by atoms with Crippen molar-refractivity contribution in [2.75, 3.05) is 0 Å². The standard InChI is InChI=1S/C17H11Cl2FN2O2S/c18-10-3-1-9(2-4-10)7-14(23)21-22-17(24)16-15(19)12-6-5-11(20)8-13(12)25-16/h1-6,8H,7H2,(H,21,23)(H,22,24). The van der Waals surface area contributed by atoms with Crippen LogP contribution in [0.5, 0.6) is 0 Å². The molecule has 0 bridgehead atoms. The molecule has 128 valence electrons. The van der Waals surface area contributed by atoms with Crippen LogP contribution in [0.1, 0.15) is 15.2 Å². The predicted molar refractivity (Wildman–Crippen MR) is 97.6 cm³/mol. The zero-order valence-electron chi connectivity index (χ0n) is 12.6. The summed E-state index contributed by atoms with van der Waals surface area (Å²) in [6.45, 7) is 0. The maximum absolute atomic E-state index is 13.3. The number of hydrogen-bond donors (Lipinski definition) is 2. The first-order chi connectivity index (χ1) is 11.9. The molecule has 0 saturated heterocycles. The Morgan fingerprint density at radius 2 is 1.76 bits per heavy atom. The third kappa shape index (κ3) is 4.10. The molecule has 0 aliphatic carbocycles. The lowest BCUT2D eigenvalue weighted by Crippen LogP contribution is -2.42. The van der Waals surface area contributed by atoms with Crippen molar-refractivity contribution >= 4 is 56.4 Å². The molecular formula is C17H11Cl2FN2O2S. The van der Waals surface area contributed by atoms with Crippen molar-refractivity contribution < 1.29 is 14.0 Å². The molecule has 0 unspecified atom stereocenters. The highest BCUT2D eigenvalue weighted by molar-refractivity contribution is 7.21. The van der Waals surface area contributed by atoms with E-state index in [1.807, 2.05) is 0 Å². The summed E-state index contributed by atoms with van der Waals surface area (Å²) in [6, 6.07) is 10.9. The van der Waals surface area contributed by atoms with E-state index in [1.165, 1.54) is 18.2 Å². The molecule has 3 rings (SSSR count). The van der Waals surface area contributed by atoms with Crippen LogP contribution in [0.25, 0.3) is 10.1 Å². The molecule has 25 heavy (non-hydrogen) atoms. The van der Waals surface area contributed by atoms with E-state index in [9.17, 15) is 14.0 Å². The van der Waals surface area contributed by atoms with Crippen LogP contribution < -0.4 is 10.9 Å². The third-order valence-corrected chi connectivity index (χ3v) is 5.30. The number of rotatable bonds is 3. The van der Waals surface area contributed by atoms with Crippen LogP contribution in [0.15, 0.2) is 42.5 Å². The van der Waals surface area contributed by atoms with Gasteiger partial charge < -0.3 is 0 Å². The highest BCUT2D eigenvalue weighted by atomic mass is 35.5. The minimum Gasteiger partial charge on any atom is -0.273 e. The molecule has 0 saturated carbocycles. The van der Waals surface area contributed by atoms with Crippen molar-refractivity contribution in [3.05, 3.63) is 68.8 Å². The molecule has 1 aromatic heterocycles. The molecule has 2 amide bonds. The summed E-state index contributed by atoms with van der Waals surface area (Å²) in [5.74, 6) is -1.36. The van der Waals surface area contributed by atoms with E-state index in [1.54, 1.807) is 24.3 Å². The van der Waals surface area contributed by atoms with Gasteiger partial charge in [-0.3, -0.25) is 20.4 Å². The maximum Gasteiger partial charge on any atom is 0.281 e.